The Morgan fingerprint density at radius 1 is 1.06 bits per heavy atom. The summed E-state index contributed by atoms with van der Waals surface area (Å²) in [5.41, 5.74) is 0. The van der Waals surface area contributed by atoms with Crippen molar-refractivity contribution in [3.63, 3.8) is 0 Å². The molecule has 0 aromatic carbocycles. The van der Waals surface area contributed by atoms with Gasteiger partial charge in [0.25, 0.3) is 0 Å². The Hall–Kier alpha value is -0.570. The Labute approximate surface area is 97.6 Å². The van der Waals surface area contributed by atoms with Gasteiger partial charge < -0.3 is 5.32 Å². The van der Waals surface area contributed by atoms with E-state index < -0.39 is 0 Å². The van der Waals surface area contributed by atoms with Crippen LogP contribution in [-0.2, 0) is 4.79 Å². The Morgan fingerprint density at radius 2 is 1.69 bits per heavy atom. The van der Waals surface area contributed by atoms with E-state index in [1.807, 2.05) is 0 Å². The summed E-state index contributed by atoms with van der Waals surface area (Å²) in [5.74, 6) is 0.142. The molecule has 0 aromatic heterocycles. The molecule has 0 aromatic rings. The number of hydrogen-bond donors (Lipinski definition) is 1. The Balaban J connectivity index is 1.68. The van der Waals surface area contributed by atoms with Crippen molar-refractivity contribution in [3.05, 3.63) is 0 Å². The van der Waals surface area contributed by atoms with E-state index in [4.69, 9.17) is 0 Å². The standard InChI is InChI=1S/C13H22N2O/c1-9(16)14-10-7-12-3-2-4-13(8-10)15(12)11-5-6-11/h10-13H,2-8H2,1H3,(H,14,16). The normalized spacial score (nSPS) is 39.4. The van der Waals surface area contributed by atoms with E-state index in [9.17, 15) is 4.79 Å². The zero-order valence-corrected chi connectivity index (χ0v) is 10.1. The molecule has 0 spiro atoms. The van der Waals surface area contributed by atoms with Crippen molar-refractivity contribution in [2.45, 2.75) is 76.0 Å². The van der Waals surface area contributed by atoms with Gasteiger partial charge in [-0.15, -0.1) is 0 Å². The van der Waals surface area contributed by atoms with E-state index in [2.05, 4.69) is 10.2 Å². The minimum Gasteiger partial charge on any atom is -0.353 e. The topological polar surface area (TPSA) is 32.3 Å². The molecule has 1 amide bonds. The average Bonchev–Trinajstić information content (AvgIpc) is 2.98. The molecular formula is C13H22N2O. The number of nitrogens with zero attached hydrogens (tertiary/aromatic N) is 1. The van der Waals surface area contributed by atoms with Gasteiger partial charge in [0.1, 0.15) is 0 Å². The maximum absolute atomic E-state index is 11.1. The minimum absolute atomic E-state index is 0.142. The van der Waals surface area contributed by atoms with Gasteiger partial charge in [-0.05, 0) is 38.5 Å². The fourth-order valence-corrected chi connectivity index (χ4v) is 3.79. The van der Waals surface area contributed by atoms with Crippen LogP contribution in [0.4, 0.5) is 0 Å². The van der Waals surface area contributed by atoms with Crippen LogP contribution < -0.4 is 5.32 Å². The first-order valence-electron chi connectivity index (χ1n) is 6.78. The van der Waals surface area contributed by atoms with Gasteiger partial charge in [-0.2, -0.15) is 0 Å². The van der Waals surface area contributed by atoms with Crippen molar-refractivity contribution in [1.82, 2.24) is 10.2 Å². The van der Waals surface area contributed by atoms with Crippen LogP contribution in [0.2, 0.25) is 0 Å². The van der Waals surface area contributed by atoms with Crippen LogP contribution in [0.15, 0.2) is 0 Å². The molecule has 1 saturated carbocycles. The molecule has 2 saturated heterocycles. The highest BCUT2D eigenvalue weighted by molar-refractivity contribution is 5.73. The smallest absolute Gasteiger partial charge is 0.217 e. The largest absolute Gasteiger partial charge is 0.353 e. The fourth-order valence-electron chi connectivity index (χ4n) is 3.79. The molecule has 0 radical (unpaired) electrons. The quantitative estimate of drug-likeness (QED) is 0.771. The van der Waals surface area contributed by atoms with Gasteiger partial charge in [0.15, 0.2) is 0 Å². The van der Waals surface area contributed by atoms with Crippen LogP contribution in [-0.4, -0.2) is 35.0 Å². The van der Waals surface area contributed by atoms with Crippen LogP contribution in [0.3, 0.4) is 0 Å². The van der Waals surface area contributed by atoms with Crippen LogP contribution in [0.5, 0.6) is 0 Å². The molecule has 2 unspecified atom stereocenters. The number of carbonyl (C=O) groups is 1. The molecular weight excluding hydrogens is 200 g/mol. The summed E-state index contributed by atoms with van der Waals surface area (Å²) < 4.78 is 0. The second kappa shape index (κ2) is 4.02. The molecule has 3 aliphatic rings. The highest BCUT2D eigenvalue weighted by Crippen LogP contribution is 2.41. The lowest BCUT2D eigenvalue weighted by Gasteiger charge is -2.49. The van der Waals surface area contributed by atoms with Crippen LogP contribution in [0, 0.1) is 0 Å². The summed E-state index contributed by atoms with van der Waals surface area (Å²) in [4.78, 5) is 13.9. The molecule has 3 rings (SSSR count). The first-order valence-corrected chi connectivity index (χ1v) is 6.78. The van der Waals surface area contributed by atoms with Gasteiger partial charge in [0, 0.05) is 31.1 Å². The molecule has 2 bridgehead atoms. The lowest BCUT2D eigenvalue weighted by Crippen LogP contribution is -2.57. The molecule has 1 N–H and O–H groups in total. The monoisotopic (exact) mass is 222 g/mol. The molecule has 2 heterocycles. The summed E-state index contributed by atoms with van der Waals surface area (Å²) in [5, 5.41) is 3.12. The molecule has 3 heteroatoms. The maximum Gasteiger partial charge on any atom is 0.217 e. The zero-order valence-electron chi connectivity index (χ0n) is 10.1. The molecule has 1 aliphatic carbocycles. The lowest BCUT2D eigenvalue weighted by atomic mass is 9.81. The lowest BCUT2D eigenvalue weighted by molar-refractivity contribution is -0.120. The molecule has 16 heavy (non-hydrogen) atoms. The molecule has 90 valence electrons. The van der Waals surface area contributed by atoms with Gasteiger partial charge in [-0.3, -0.25) is 9.69 Å². The summed E-state index contributed by atoms with van der Waals surface area (Å²) in [6.45, 7) is 1.64. The molecule has 2 aliphatic heterocycles. The van der Waals surface area contributed by atoms with Gasteiger partial charge in [-0.1, -0.05) is 6.42 Å². The summed E-state index contributed by atoms with van der Waals surface area (Å²) in [6.07, 6.45) is 9.30. The zero-order chi connectivity index (χ0) is 11.1. The van der Waals surface area contributed by atoms with Crippen LogP contribution in [0.25, 0.3) is 0 Å². The van der Waals surface area contributed by atoms with Gasteiger partial charge in [0.05, 0.1) is 0 Å². The molecule has 3 nitrogen and oxygen atoms in total. The van der Waals surface area contributed by atoms with Gasteiger partial charge in [0.2, 0.25) is 5.91 Å². The highest BCUT2D eigenvalue weighted by Gasteiger charge is 2.44. The van der Waals surface area contributed by atoms with E-state index in [0.29, 0.717) is 6.04 Å². The average molecular weight is 222 g/mol. The maximum atomic E-state index is 11.1. The van der Waals surface area contributed by atoms with E-state index in [-0.39, 0.29) is 5.91 Å². The minimum atomic E-state index is 0.142. The number of rotatable bonds is 2. The number of amides is 1. The van der Waals surface area contributed by atoms with E-state index >= 15 is 0 Å². The van der Waals surface area contributed by atoms with Crippen molar-refractivity contribution in [1.29, 1.82) is 0 Å². The number of carbonyl (C=O) groups excluding carboxylic acids is 1. The third-order valence-corrected chi connectivity index (χ3v) is 4.41. The second-order valence-corrected chi connectivity index (χ2v) is 5.79. The number of fused-ring (bicyclic) bond motifs is 2. The predicted octanol–water partition coefficient (Wildman–Crippen LogP) is 1.67. The van der Waals surface area contributed by atoms with Crippen LogP contribution >= 0.6 is 0 Å². The summed E-state index contributed by atoms with van der Waals surface area (Å²) in [6, 6.07) is 2.87. The van der Waals surface area contributed by atoms with E-state index in [1.165, 1.54) is 44.9 Å². The Morgan fingerprint density at radius 3 is 2.19 bits per heavy atom. The highest BCUT2D eigenvalue weighted by atomic mass is 16.1. The molecule has 2 atom stereocenters. The third-order valence-electron chi connectivity index (χ3n) is 4.41. The first kappa shape index (κ1) is 10.6. The second-order valence-electron chi connectivity index (χ2n) is 5.79. The van der Waals surface area contributed by atoms with Crippen LogP contribution in [0.1, 0.15) is 51.9 Å². The van der Waals surface area contributed by atoms with E-state index in [1.54, 1.807) is 6.92 Å². The molecule has 3 fully saturated rings. The number of nitrogens with one attached hydrogen (secondary N) is 1. The SMILES string of the molecule is CC(=O)NC1CC2CCCC(C1)N2C1CC1. The number of piperidine rings is 2. The summed E-state index contributed by atoms with van der Waals surface area (Å²) >= 11 is 0. The van der Waals surface area contributed by atoms with Crippen molar-refractivity contribution in [2.75, 3.05) is 0 Å². The fraction of sp³-hybridized carbons (Fsp3) is 0.923. The summed E-state index contributed by atoms with van der Waals surface area (Å²) in [7, 11) is 0. The first-order chi connectivity index (χ1) is 7.74. The predicted molar refractivity (Wildman–Crippen MR) is 63.1 cm³/mol. The third kappa shape index (κ3) is 1.97. The Bertz CT molecular complexity index is 274. The van der Waals surface area contributed by atoms with Crippen molar-refractivity contribution < 1.29 is 4.79 Å². The Kier molecular flexibility index (Phi) is 2.66. The van der Waals surface area contributed by atoms with Crippen molar-refractivity contribution in [3.8, 4) is 0 Å². The van der Waals surface area contributed by atoms with Crippen molar-refractivity contribution >= 4 is 5.91 Å². The van der Waals surface area contributed by atoms with Crippen molar-refractivity contribution in [2.24, 2.45) is 0 Å². The number of hydrogen-bond acceptors (Lipinski definition) is 2. The van der Waals surface area contributed by atoms with Gasteiger partial charge in [-0.25, -0.2) is 0 Å². The van der Waals surface area contributed by atoms with E-state index in [0.717, 1.165) is 18.1 Å². The van der Waals surface area contributed by atoms with Gasteiger partial charge >= 0.3 is 0 Å².